The summed E-state index contributed by atoms with van der Waals surface area (Å²) in [7, 11) is 0. The number of rotatable bonds is 6. The lowest BCUT2D eigenvalue weighted by Gasteiger charge is -2.16. The Balaban J connectivity index is 2.62. The maximum absolute atomic E-state index is 12.6. The molecule has 0 saturated carbocycles. The Kier molecular flexibility index (Phi) is 5.07. The molecule has 9 heteroatoms. The molecule has 0 atom stereocenters. The smallest absolute Gasteiger partial charge is 0.307 e. The molecular weight excluding hydrogens is 292 g/mol. The number of nitro benzene ring substituents is 1. The Morgan fingerprint density at radius 1 is 1.42 bits per heavy atom. The number of alkyl halides is 4. The molecule has 1 aromatic carbocycles. The highest BCUT2D eigenvalue weighted by Gasteiger charge is 2.39. The molecule has 106 valence electrons. The van der Waals surface area contributed by atoms with E-state index >= 15 is 0 Å². The standard InChI is InChI=1S/C10H9ClF4N2O2/c11-8-3-7(17(18)19)2-1-6(8)4-16-5-10(14,15)9(12)13/h1-3,9,16H,4-5H2. The fourth-order valence-corrected chi connectivity index (χ4v) is 1.48. The minimum absolute atomic E-state index is 0.00191. The van der Waals surface area contributed by atoms with Crippen molar-refractivity contribution < 1.29 is 22.5 Å². The molecule has 1 N–H and O–H groups in total. The molecule has 0 aromatic heterocycles. The Bertz CT molecular complexity index is 471. The molecule has 0 bridgehead atoms. The lowest BCUT2D eigenvalue weighted by molar-refractivity contribution is -0.384. The second kappa shape index (κ2) is 6.16. The minimum Gasteiger partial charge on any atom is -0.307 e. The molecule has 0 aliphatic heterocycles. The van der Waals surface area contributed by atoms with Crippen LogP contribution in [0.2, 0.25) is 5.02 Å². The Morgan fingerprint density at radius 2 is 2.05 bits per heavy atom. The number of hydrogen-bond donors (Lipinski definition) is 1. The number of hydrogen-bond acceptors (Lipinski definition) is 3. The van der Waals surface area contributed by atoms with Crippen LogP contribution in [0.25, 0.3) is 0 Å². The second-order valence-corrected chi connectivity index (χ2v) is 4.11. The third kappa shape index (κ3) is 4.32. The van der Waals surface area contributed by atoms with Gasteiger partial charge in [0.2, 0.25) is 0 Å². The molecule has 4 nitrogen and oxygen atoms in total. The first-order valence-electron chi connectivity index (χ1n) is 5.03. The summed E-state index contributed by atoms with van der Waals surface area (Å²) >= 11 is 5.71. The van der Waals surface area contributed by atoms with Gasteiger partial charge in [-0.1, -0.05) is 11.6 Å². The molecule has 0 fully saturated rings. The molecule has 0 unspecified atom stereocenters. The van der Waals surface area contributed by atoms with Gasteiger partial charge in [0.1, 0.15) is 0 Å². The molecule has 0 aliphatic rings. The first-order valence-corrected chi connectivity index (χ1v) is 5.41. The SMILES string of the molecule is O=[N+]([O-])c1ccc(CNCC(F)(F)C(F)F)c(Cl)c1. The van der Waals surface area contributed by atoms with Gasteiger partial charge in [-0.25, -0.2) is 8.78 Å². The van der Waals surface area contributed by atoms with Crippen LogP contribution in [0.4, 0.5) is 23.2 Å². The highest BCUT2D eigenvalue weighted by Crippen LogP contribution is 2.24. The lowest BCUT2D eigenvalue weighted by Crippen LogP contribution is -2.38. The molecule has 19 heavy (non-hydrogen) atoms. The highest BCUT2D eigenvalue weighted by molar-refractivity contribution is 6.31. The number of halogens is 5. The van der Waals surface area contributed by atoms with Crippen molar-refractivity contribution in [3.63, 3.8) is 0 Å². The Labute approximate surface area is 110 Å². The van der Waals surface area contributed by atoms with Gasteiger partial charge in [-0.2, -0.15) is 8.78 Å². The predicted octanol–water partition coefficient (Wildman–Crippen LogP) is 3.24. The second-order valence-electron chi connectivity index (χ2n) is 3.70. The van der Waals surface area contributed by atoms with Crippen molar-refractivity contribution >= 4 is 17.3 Å². The first-order chi connectivity index (χ1) is 8.74. The van der Waals surface area contributed by atoms with Crippen LogP contribution in [0.1, 0.15) is 5.56 Å². The van der Waals surface area contributed by atoms with Crippen molar-refractivity contribution in [3.8, 4) is 0 Å². The number of benzene rings is 1. The van der Waals surface area contributed by atoms with Gasteiger partial charge in [0.25, 0.3) is 5.69 Å². The maximum Gasteiger partial charge on any atom is 0.319 e. The fourth-order valence-electron chi connectivity index (χ4n) is 1.23. The van der Waals surface area contributed by atoms with Gasteiger partial charge in [0, 0.05) is 18.7 Å². The van der Waals surface area contributed by atoms with E-state index in [0.29, 0.717) is 5.56 Å². The molecule has 1 aromatic rings. The fraction of sp³-hybridized carbons (Fsp3) is 0.400. The lowest BCUT2D eigenvalue weighted by atomic mass is 10.2. The van der Waals surface area contributed by atoms with Crippen LogP contribution in [0.3, 0.4) is 0 Å². The quantitative estimate of drug-likeness (QED) is 0.498. The highest BCUT2D eigenvalue weighted by atomic mass is 35.5. The van der Waals surface area contributed by atoms with Gasteiger partial charge >= 0.3 is 12.3 Å². The molecule has 0 heterocycles. The van der Waals surface area contributed by atoms with E-state index in [2.05, 4.69) is 5.32 Å². The first kappa shape index (κ1) is 15.6. The summed E-state index contributed by atoms with van der Waals surface area (Å²) in [5.74, 6) is -4.13. The summed E-state index contributed by atoms with van der Waals surface area (Å²) in [5.41, 5.74) is 0.0593. The van der Waals surface area contributed by atoms with Gasteiger partial charge in [0.15, 0.2) is 0 Å². The largest absolute Gasteiger partial charge is 0.319 e. The molecular formula is C10H9ClF4N2O2. The van der Waals surface area contributed by atoms with E-state index in [4.69, 9.17) is 11.6 Å². The van der Waals surface area contributed by atoms with E-state index in [1.165, 1.54) is 6.07 Å². The van der Waals surface area contributed by atoms with Crippen molar-refractivity contribution in [2.24, 2.45) is 0 Å². The molecule has 0 aliphatic carbocycles. The average Bonchev–Trinajstić information content (AvgIpc) is 2.30. The van der Waals surface area contributed by atoms with Gasteiger partial charge in [-0.3, -0.25) is 10.1 Å². The topological polar surface area (TPSA) is 55.2 Å². The molecule has 0 spiro atoms. The zero-order chi connectivity index (χ0) is 14.6. The zero-order valence-corrected chi connectivity index (χ0v) is 10.1. The molecule has 0 saturated heterocycles. The van der Waals surface area contributed by atoms with Crippen LogP contribution in [0.15, 0.2) is 18.2 Å². The predicted molar refractivity (Wildman–Crippen MR) is 60.8 cm³/mol. The molecule has 0 radical (unpaired) electrons. The number of non-ortho nitro benzene ring substituents is 1. The number of nitrogens with one attached hydrogen (secondary N) is 1. The van der Waals surface area contributed by atoms with Crippen LogP contribution in [-0.2, 0) is 6.54 Å². The monoisotopic (exact) mass is 300 g/mol. The van der Waals surface area contributed by atoms with E-state index in [0.717, 1.165) is 12.1 Å². The summed E-state index contributed by atoms with van der Waals surface area (Å²) in [4.78, 5) is 9.77. The van der Waals surface area contributed by atoms with Crippen molar-refractivity contribution in [2.45, 2.75) is 18.9 Å². The number of nitrogens with zero attached hydrogens (tertiary/aromatic N) is 1. The summed E-state index contributed by atoms with van der Waals surface area (Å²) in [6, 6.07) is 3.48. The Morgan fingerprint density at radius 3 is 2.53 bits per heavy atom. The van der Waals surface area contributed by atoms with E-state index in [9.17, 15) is 27.7 Å². The van der Waals surface area contributed by atoms with Gasteiger partial charge in [-0.05, 0) is 11.6 Å². The normalized spacial score (nSPS) is 11.9. The van der Waals surface area contributed by atoms with Crippen LogP contribution in [0, 0.1) is 10.1 Å². The van der Waals surface area contributed by atoms with Crippen LogP contribution in [0.5, 0.6) is 0 Å². The van der Waals surface area contributed by atoms with E-state index in [-0.39, 0.29) is 17.3 Å². The Hall–Kier alpha value is -1.41. The number of nitro groups is 1. The zero-order valence-electron chi connectivity index (χ0n) is 9.38. The summed E-state index contributed by atoms with van der Waals surface area (Å²) in [6.07, 6.45) is -3.76. The molecule has 1 rings (SSSR count). The van der Waals surface area contributed by atoms with Crippen LogP contribution < -0.4 is 5.32 Å². The van der Waals surface area contributed by atoms with E-state index < -0.39 is 23.8 Å². The third-order valence-corrected chi connectivity index (χ3v) is 2.59. The minimum atomic E-state index is -4.13. The van der Waals surface area contributed by atoms with Gasteiger partial charge in [-0.15, -0.1) is 0 Å². The summed E-state index contributed by atoms with van der Waals surface area (Å²) in [6.45, 7) is -1.41. The van der Waals surface area contributed by atoms with Crippen molar-refractivity contribution in [3.05, 3.63) is 38.9 Å². The van der Waals surface area contributed by atoms with Crippen LogP contribution in [-0.4, -0.2) is 23.8 Å². The van der Waals surface area contributed by atoms with Crippen molar-refractivity contribution in [2.75, 3.05) is 6.54 Å². The van der Waals surface area contributed by atoms with Gasteiger partial charge in [0.05, 0.1) is 16.5 Å². The summed E-state index contributed by atoms with van der Waals surface area (Å²) < 4.78 is 48.9. The van der Waals surface area contributed by atoms with Crippen molar-refractivity contribution in [1.29, 1.82) is 0 Å². The van der Waals surface area contributed by atoms with Crippen LogP contribution >= 0.6 is 11.6 Å². The third-order valence-electron chi connectivity index (χ3n) is 2.24. The van der Waals surface area contributed by atoms with E-state index in [1.54, 1.807) is 0 Å². The molecule has 0 amide bonds. The maximum atomic E-state index is 12.6. The van der Waals surface area contributed by atoms with E-state index in [1.807, 2.05) is 0 Å². The van der Waals surface area contributed by atoms with Crippen molar-refractivity contribution in [1.82, 2.24) is 5.32 Å². The average molecular weight is 301 g/mol. The summed E-state index contributed by atoms with van der Waals surface area (Å²) in [5, 5.41) is 12.6. The van der Waals surface area contributed by atoms with Gasteiger partial charge < -0.3 is 5.32 Å².